The van der Waals surface area contributed by atoms with Gasteiger partial charge in [-0.3, -0.25) is 0 Å². The average molecular weight is 447 g/mol. The third-order valence-electron chi connectivity index (χ3n) is 7.97. The monoisotopic (exact) mass is 446 g/mol. The zero-order valence-corrected chi connectivity index (χ0v) is 22.4. The normalized spacial score (nSPS) is 36.1. The van der Waals surface area contributed by atoms with Crippen molar-refractivity contribution in [1.29, 1.82) is 0 Å². The highest BCUT2D eigenvalue weighted by atomic mass is 28.4. The third-order valence-corrected chi connectivity index (χ3v) is 9.94. The van der Waals surface area contributed by atoms with Crippen LogP contribution in [0.25, 0.3) is 0 Å². The second-order valence-corrected chi connectivity index (χ2v) is 21.0. The second kappa shape index (κ2) is 7.46. The largest absolute Gasteiger partial charge is 0.497 e. The van der Waals surface area contributed by atoms with Gasteiger partial charge in [-0.25, -0.2) is 0 Å². The molecule has 30 heavy (non-hydrogen) atoms. The van der Waals surface area contributed by atoms with E-state index in [4.69, 9.17) is 13.6 Å². The van der Waals surface area contributed by atoms with E-state index in [-0.39, 0.29) is 11.0 Å². The van der Waals surface area contributed by atoms with E-state index in [1.807, 2.05) is 0 Å². The molecule has 2 saturated carbocycles. The SMILES string of the molecule is COc1ccc2c(c1)CCC1C2CCC2(C)C(O[Si](C)(C)C)CCC12O[Si](C)(C)C. The number of rotatable bonds is 5. The molecule has 2 fully saturated rings. The van der Waals surface area contributed by atoms with Crippen molar-refractivity contribution in [3.05, 3.63) is 29.3 Å². The lowest BCUT2D eigenvalue weighted by Crippen LogP contribution is -2.62. The summed E-state index contributed by atoms with van der Waals surface area (Å²) in [5.41, 5.74) is 3.14. The zero-order chi connectivity index (χ0) is 21.9. The number of benzene rings is 1. The fourth-order valence-electron chi connectivity index (χ4n) is 7.00. The zero-order valence-electron chi connectivity index (χ0n) is 20.4. The first-order valence-electron chi connectivity index (χ1n) is 11.9. The van der Waals surface area contributed by atoms with Crippen molar-refractivity contribution < 1.29 is 13.6 Å². The first-order chi connectivity index (χ1) is 13.9. The Kier molecular flexibility index (Phi) is 5.61. The van der Waals surface area contributed by atoms with Crippen molar-refractivity contribution >= 4 is 16.6 Å². The molecule has 0 aliphatic heterocycles. The lowest BCUT2D eigenvalue weighted by Gasteiger charge is -2.60. The molecule has 0 bridgehead atoms. The molecule has 168 valence electrons. The van der Waals surface area contributed by atoms with E-state index in [0.29, 0.717) is 17.9 Å². The highest BCUT2D eigenvalue weighted by molar-refractivity contribution is 6.70. The summed E-state index contributed by atoms with van der Waals surface area (Å²) in [7, 11) is -1.56. The van der Waals surface area contributed by atoms with Crippen molar-refractivity contribution in [2.45, 2.75) is 102 Å². The third kappa shape index (κ3) is 3.74. The molecule has 0 spiro atoms. The van der Waals surface area contributed by atoms with Crippen LogP contribution < -0.4 is 4.74 Å². The van der Waals surface area contributed by atoms with Crippen molar-refractivity contribution in [2.24, 2.45) is 11.3 Å². The molecular weight excluding hydrogens is 404 g/mol. The highest BCUT2D eigenvalue weighted by Crippen LogP contribution is 2.66. The number of ether oxygens (including phenoxy) is 1. The van der Waals surface area contributed by atoms with Gasteiger partial charge in [-0.1, -0.05) is 13.0 Å². The Morgan fingerprint density at radius 2 is 1.67 bits per heavy atom. The lowest BCUT2D eigenvalue weighted by molar-refractivity contribution is -0.147. The standard InChI is InChI=1S/C25H42O3Si2/c1-24-15-13-21-20-11-10-19(26-2)17-18(20)9-12-22(21)25(24,28-30(6,7)8)16-14-23(24)27-29(3,4)5/h10-11,17,21-23H,9,12-16H2,1-8H3. The molecule has 0 amide bonds. The van der Waals surface area contributed by atoms with Crippen LogP contribution in [-0.4, -0.2) is 35.4 Å². The summed E-state index contributed by atoms with van der Waals surface area (Å²) in [6.07, 6.45) is 7.49. The molecule has 4 rings (SSSR count). The summed E-state index contributed by atoms with van der Waals surface area (Å²) < 4.78 is 19.7. The molecule has 0 aromatic heterocycles. The number of hydrogen-bond donors (Lipinski definition) is 0. The van der Waals surface area contributed by atoms with Crippen LogP contribution in [0.3, 0.4) is 0 Å². The summed E-state index contributed by atoms with van der Waals surface area (Å²) in [6.45, 7) is 16.7. The Balaban J connectivity index is 1.75. The highest BCUT2D eigenvalue weighted by Gasteiger charge is 2.66. The van der Waals surface area contributed by atoms with Crippen LogP contribution in [0.1, 0.15) is 56.1 Å². The van der Waals surface area contributed by atoms with Gasteiger partial charge in [0.2, 0.25) is 0 Å². The molecule has 1 aromatic rings. The summed E-state index contributed by atoms with van der Waals surface area (Å²) in [6, 6.07) is 6.78. The molecule has 3 aliphatic carbocycles. The molecule has 1 aromatic carbocycles. The quantitative estimate of drug-likeness (QED) is 0.468. The van der Waals surface area contributed by atoms with E-state index in [9.17, 15) is 0 Å². The first-order valence-corrected chi connectivity index (χ1v) is 18.7. The van der Waals surface area contributed by atoms with Gasteiger partial charge >= 0.3 is 0 Å². The summed E-state index contributed by atoms with van der Waals surface area (Å²) in [5, 5.41) is 0. The molecular formula is C25H42O3Si2. The summed E-state index contributed by atoms with van der Waals surface area (Å²) in [4.78, 5) is 0. The molecule has 0 radical (unpaired) electrons. The van der Waals surface area contributed by atoms with Gasteiger partial charge in [0.1, 0.15) is 5.75 Å². The molecule has 5 heteroatoms. The van der Waals surface area contributed by atoms with Gasteiger partial charge < -0.3 is 13.6 Å². The number of fused-ring (bicyclic) bond motifs is 5. The molecule has 3 aliphatic rings. The minimum atomic E-state index is -1.72. The van der Waals surface area contributed by atoms with Crippen LogP contribution in [0.15, 0.2) is 18.2 Å². The van der Waals surface area contributed by atoms with Crippen LogP contribution in [0.2, 0.25) is 39.3 Å². The predicted molar refractivity (Wildman–Crippen MR) is 130 cm³/mol. The molecule has 0 saturated heterocycles. The summed E-state index contributed by atoms with van der Waals surface area (Å²) in [5.74, 6) is 2.19. The van der Waals surface area contributed by atoms with Crippen LogP contribution in [0, 0.1) is 11.3 Å². The maximum atomic E-state index is 7.32. The van der Waals surface area contributed by atoms with E-state index in [1.54, 1.807) is 12.7 Å². The van der Waals surface area contributed by atoms with E-state index >= 15 is 0 Å². The van der Waals surface area contributed by atoms with E-state index in [0.717, 1.165) is 25.0 Å². The molecule has 0 N–H and O–H groups in total. The van der Waals surface area contributed by atoms with E-state index in [1.165, 1.54) is 24.8 Å². The van der Waals surface area contributed by atoms with Gasteiger partial charge in [0.15, 0.2) is 16.6 Å². The number of hydrogen-bond acceptors (Lipinski definition) is 3. The molecule has 5 atom stereocenters. The smallest absolute Gasteiger partial charge is 0.184 e. The van der Waals surface area contributed by atoms with E-state index in [2.05, 4.69) is 64.4 Å². The van der Waals surface area contributed by atoms with Crippen molar-refractivity contribution in [2.75, 3.05) is 7.11 Å². The van der Waals surface area contributed by atoms with Gasteiger partial charge in [0, 0.05) is 5.41 Å². The Hall–Kier alpha value is -0.626. The fraction of sp³-hybridized carbons (Fsp3) is 0.760. The first kappa shape index (κ1) is 22.6. The lowest BCUT2D eigenvalue weighted by atomic mass is 9.53. The maximum Gasteiger partial charge on any atom is 0.184 e. The van der Waals surface area contributed by atoms with Crippen LogP contribution in [-0.2, 0) is 15.3 Å². The number of aryl methyl sites for hydroxylation is 1. The average Bonchev–Trinajstić information content (AvgIpc) is 2.90. The van der Waals surface area contributed by atoms with Crippen LogP contribution in [0.4, 0.5) is 0 Å². The van der Waals surface area contributed by atoms with Crippen molar-refractivity contribution in [3.63, 3.8) is 0 Å². The minimum absolute atomic E-state index is 0.0394. The Morgan fingerprint density at radius 1 is 0.933 bits per heavy atom. The van der Waals surface area contributed by atoms with Gasteiger partial charge in [0.25, 0.3) is 0 Å². The van der Waals surface area contributed by atoms with Crippen LogP contribution in [0.5, 0.6) is 5.75 Å². The Morgan fingerprint density at radius 3 is 2.30 bits per heavy atom. The van der Waals surface area contributed by atoms with Crippen LogP contribution >= 0.6 is 0 Å². The topological polar surface area (TPSA) is 27.7 Å². The van der Waals surface area contributed by atoms with Crippen molar-refractivity contribution in [1.82, 2.24) is 0 Å². The van der Waals surface area contributed by atoms with Gasteiger partial charge in [-0.2, -0.15) is 0 Å². The van der Waals surface area contributed by atoms with Gasteiger partial charge in [0.05, 0.1) is 18.8 Å². The Bertz CT molecular complexity index is 797. The van der Waals surface area contributed by atoms with Gasteiger partial charge in [-0.15, -0.1) is 0 Å². The van der Waals surface area contributed by atoms with Crippen molar-refractivity contribution in [3.8, 4) is 5.75 Å². The molecule has 5 unspecified atom stereocenters. The molecule has 3 nitrogen and oxygen atoms in total. The maximum absolute atomic E-state index is 7.32. The second-order valence-electron chi connectivity index (χ2n) is 12.1. The molecule has 0 heterocycles. The van der Waals surface area contributed by atoms with Gasteiger partial charge in [-0.05, 0) is 113 Å². The number of methoxy groups -OCH3 is 1. The Labute approximate surface area is 186 Å². The predicted octanol–water partition coefficient (Wildman–Crippen LogP) is 6.75. The summed E-state index contributed by atoms with van der Waals surface area (Å²) >= 11 is 0. The van der Waals surface area contributed by atoms with E-state index < -0.39 is 16.6 Å². The minimum Gasteiger partial charge on any atom is -0.497 e. The fourth-order valence-corrected chi connectivity index (χ4v) is 9.81.